The third-order valence-corrected chi connectivity index (χ3v) is 3.90. The lowest BCUT2D eigenvalue weighted by Crippen LogP contribution is -2.26. The number of carbonyl (C=O) groups is 1. The number of aryl methyl sites for hydroxylation is 1. The fraction of sp³-hybridized carbons (Fsp3) is 0.500. The van der Waals surface area contributed by atoms with Gasteiger partial charge in [0.1, 0.15) is 0 Å². The van der Waals surface area contributed by atoms with Gasteiger partial charge in [-0.1, -0.05) is 12.1 Å². The van der Waals surface area contributed by atoms with Crippen LogP contribution in [0.15, 0.2) is 18.2 Å². The van der Waals surface area contributed by atoms with Crippen LogP contribution >= 0.6 is 11.8 Å². The predicted octanol–water partition coefficient (Wildman–Crippen LogP) is 2.15. The highest BCUT2D eigenvalue weighted by atomic mass is 32.2. The lowest BCUT2D eigenvalue weighted by Gasteiger charge is -2.09. The minimum atomic E-state index is -0.000965. The molecule has 0 bridgehead atoms. The van der Waals surface area contributed by atoms with Gasteiger partial charge in [-0.2, -0.15) is 11.8 Å². The van der Waals surface area contributed by atoms with Crippen LogP contribution in [0.2, 0.25) is 0 Å². The van der Waals surface area contributed by atoms with Gasteiger partial charge in [0, 0.05) is 24.5 Å². The van der Waals surface area contributed by atoms with Gasteiger partial charge in [-0.05, 0) is 43.2 Å². The molecule has 2 N–H and O–H groups in total. The molecule has 0 spiro atoms. The first-order valence-electron chi connectivity index (χ1n) is 6.20. The van der Waals surface area contributed by atoms with E-state index in [-0.39, 0.29) is 12.5 Å². The van der Waals surface area contributed by atoms with E-state index >= 15 is 0 Å². The molecule has 0 fully saturated rings. The van der Waals surface area contributed by atoms with Crippen molar-refractivity contribution in [1.82, 2.24) is 5.32 Å². The Balaban J connectivity index is 2.35. The van der Waals surface area contributed by atoms with E-state index in [1.165, 1.54) is 0 Å². The van der Waals surface area contributed by atoms with E-state index < -0.39 is 0 Å². The van der Waals surface area contributed by atoms with E-state index in [0.29, 0.717) is 6.54 Å². The highest BCUT2D eigenvalue weighted by molar-refractivity contribution is 7.99. The van der Waals surface area contributed by atoms with Crippen LogP contribution in [-0.4, -0.2) is 35.7 Å². The molecule has 4 heteroatoms. The van der Waals surface area contributed by atoms with E-state index in [0.717, 1.165) is 34.6 Å². The van der Waals surface area contributed by atoms with Crippen LogP contribution in [0.5, 0.6) is 0 Å². The Bertz CT molecular complexity index is 393. The van der Waals surface area contributed by atoms with Crippen molar-refractivity contribution in [2.45, 2.75) is 20.3 Å². The lowest BCUT2D eigenvalue weighted by molar-refractivity contribution is 0.0955. The van der Waals surface area contributed by atoms with Crippen molar-refractivity contribution >= 4 is 17.7 Å². The highest BCUT2D eigenvalue weighted by Crippen LogP contribution is 2.12. The van der Waals surface area contributed by atoms with Gasteiger partial charge in [-0.15, -0.1) is 0 Å². The quantitative estimate of drug-likeness (QED) is 0.744. The molecule has 1 aromatic rings. The summed E-state index contributed by atoms with van der Waals surface area (Å²) in [7, 11) is 0. The molecular weight excluding hydrogens is 246 g/mol. The second-order valence-electron chi connectivity index (χ2n) is 4.19. The number of nitrogens with one attached hydrogen (secondary N) is 1. The molecule has 0 aliphatic heterocycles. The standard InChI is InChI=1S/C14H21NO2S/c1-11-5-3-6-13(12(11)2)14(17)15-7-10-18-9-4-8-16/h3,5-6,16H,4,7-10H2,1-2H3,(H,15,17). The molecule has 0 atom stereocenters. The van der Waals surface area contributed by atoms with Gasteiger partial charge in [0.2, 0.25) is 0 Å². The monoisotopic (exact) mass is 267 g/mol. The zero-order valence-electron chi connectivity index (χ0n) is 11.0. The topological polar surface area (TPSA) is 49.3 Å². The van der Waals surface area contributed by atoms with Crippen molar-refractivity contribution in [3.63, 3.8) is 0 Å². The Morgan fingerprint density at radius 3 is 2.83 bits per heavy atom. The number of amides is 1. The van der Waals surface area contributed by atoms with Crippen LogP contribution in [-0.2, 0) is 0 Å². The smallest absolute Gasteiger partial charge is 0.251 e. The average Bonchev–Trinajstić information content (AvgIpc) is 2.36. The van der Waals surface area contributed by atoms with Crippen molar-refractivity contribution in [2.24, 2.45) is 0 Å². The van der Waals surface area contributed by atoms with Crippen LogP contribution in [0.3, 0.4) is 0 Å². The summed E-state index contributed by atoms with van der Waals surface area (Å²) in [6.45, 7) is 4.89. The summed E-state index contributed by atoms with van der Waals surface area (Å²) in [5.41, 5.74) is 2.94. The normalized spacial score (nSPS) is 10.4. The second kappa shape index (κ2) is 8.16. The number of hydrogen-bond acceptors (Lipinski definition) is 3. The van der Waals surface area contributed by atoms with Gasteiger partial charge in [-0.3, -0.25) is 4.79 Å². The maximum absolute atomic E-state index is 11.9. The summed E-state index contributed by atoms with van der Waals surface area (Å²) in [5.74, 6) is 1.82. The number of carbonyl (C=O) groups excluding carboxylic acids is 1. The first kappa shape index (κ1) is 15.1. The van der Waals surface area contributed by atoms with Crippen molar-refractivity contribution in [2.75, 3.05) is 24.7 Å². The zero-order valence-corrected chi connectivity index (χ0v) is 11.8. The molecule has 1 amide bonds. The van der Waals surface area contributed by atoms with Crippen molar-refractivity contribution in [3.8, 4) is 0 Å². The summed E-state index contributed by atoms with van der Waals surface area (Å²) in [4.78, 5) is 11.9. The number of thioether (sulfide) groups is 1. The van der Waals surface area contributed by atoms with Crippen molar-refractivity contribution < 1.29 is 9.90 Å². The second-order valence-corrected chi connectivity index (χ2v) is 5.42. The Morgan fingerprint density at radius 1 is 1.33 bits per heavy atom. The molecule has 1 rings (SSSR count). The summed E-state index contributed by atoms with van der Waals surface area (Å²) in [5, 5.41) is 11.6. The maximum atomic E-state index is 11.9. The molecule has 0 unspecified atom stereocenters. The Kier molecular flexibility index (Phi) is 6.83. The first-order valence-corrected chi connectivity index (χ1v) is 7.35. The summed E-state index contributed by atoms with van der Waals surface area (Å²) < 4.78 is 0. The summed E-state index contributed by atoms with van der Waals surface area (Å²) in [6, 6.07) is 5.78. The lowest BCUT2D eigenvalue weighted by atomic mass is 10.0. The van der Waals surface area contributed by atoms with Crippen molar-refractivity contribution in [3.05, 3.63) is 34.9 Å². The molecular formula is C14H21NO2S. The van der Waals surface area contributed by atoms with E-state index in [2.05, 4.69) is 5.32 Å². The van der Waals surface area contributed by atoms with E-state index in [1.54, 1.807) is 11.8 Å². The van der Waals surface area contributed by atoms with Crippen LogP contribution in [0.25, 0.3) is 0 Å². The SMILES string of the molecule is Cc1cccc(C(=O)NCCSCCCO)c1C. The molecule has 1 aromatic carbocycles. The first-order chi connectivity index (χ1) is 8.66. The molecule has 0 radical (unpaired) electrons. The molecule has 0 aromatic heterocycles. The van der Waals surface area contributed by atoms with Crippen LogP contribution in [0.1, 0.15) is 27.9 Å². The molecule has 0 saturated heterocycles. The van der Waals surface area contributed by atoms with Crippen LogP contribution in [0, 0.1) is 13.8 Å². The fourth-order valence-corrected chi connectivity index (χ4v) is 2.38. The van der Waals surface area contributed by atoms with Gasteiger partial charge < -0.3 is 10.4 Å². The van der Waals surface area contributed by atoms with Gasteiger partial charge in [0.25, 0.3) is 5.91 Å². The van der Waals surface area contributed by atoms with Crippen LogP contribution in [0.4, 0.5) is 0 Å². The largest absolute Gasteiger partial charge is 0.396 e. The minimum Gasteiger partial charge on any atom is -0.396 e. The minimum absolute atomic E-state index is 0.000965. The highest BCUT2D eigenvalue weighted by Gasteiger charge is 2.08. The number of hydrogen-bond donors (Lipinski definition) is 2. The maximum Gasteiger partial charge on any atom is 0.251 e. The number of benzene rings is 1. The molecule has 0 heterocycles. The predicted molar refractivity (Wildman–Crippen MR) is 77.3 cm³/mol. The average molecular weight is 267 g/mol. The zero-order chi connectivity index (χ0) is 13.4. The van der Waals surface area contributed by atoms with E-state index in [4.69, 9.17) is 5.11 Å². The molecule has 18 heavy (non-hydrogen) atoms. The van der Waals surface area contributed by atoms with Crippen LogP contribution < -0.4 is 5.32 Å². The molecule has 0 saturated carbocycles. The molecule has 3 nitrogen and oxygen atoms in total. The Morgan fingerprint density at radius 2 is 2.11 bits per heavy atom. The Hall–Kier alpha value is -1.00. The summed E-state index contributed by atoms with van der Waals surface area (Å²) >= 11 is 1.75. The number of rotatable bonds is 7. The Labute approximate surface area is 113 Å². The molecule has 100 valence electrons. The number of aliphatic hydroxyl groups is 1. The van der Waals surface area contributed by atoms with E-state index in [9.17, 15) is 4.79 Å². The molecule has 0 aliphatic rings. The summed E-state index contributed by atoms with van der Waals surface area (Å²) in [6.07, 6.45) is 0.815. The van der Waals surface area contributed by atoms with Crippen molar-refractivity contribution in [1.29, 1.82) is 0 Å². The molecule has 0 aliphatic carbocycles. The van der Waals surface area contributed by atoms with Gasteiger partial charge in [0.15, 0.2) is 0 Å². The number of aliphatic hydroxyl groups excluding tert-OH is 1. The van der Waals surface area contributed by atoms with Gasteiger partial charge in [0.05, 0.1) is 0 Å². The third kappa shape index (κ3) is 4.70. The third-order valence-electron chi connectivity index (χ3n) is 2.83. The fourth-order valence-electron chi connectivity index (χ4n) is 1.60. The van der Waals surface area contributed by atoms with E-state index in [1.807, 2.05) is 32.0 Å². The van der Waals surface area contributed by atoms with Gasteiger partial charge in [-0.25, -0.2) is 0 Å². The van der Waals surface area contributed by atoms with Gasteiger partial charge >= 0.3 is 0 Å².